The Balaban J connectivity index is 1.44. The highest BCUT2D eigenvalue weighted by molar-refractivity contribution is 7.88. The normalized spacial score (nSPS) is 11.2. The molecule has 2 heterocycles. The second kappa shape index (κ2) is 9.20. The first-order valence-electron chi connectivity index (χ1n) is 8.48. The average Bonchev–Trinajstić information content (AvgIpc) is 2.69. The van der Waals surface area contributed by atoms with E-state index < -0.39 is 21.6 Å². The molecule has 8 nitrogen and oxygen atoms in total. The maximum atomic E-state index is 13.6. The molecule has 0 fully saturated rings. The van der Waals surface area contributed by atoms with Gasteiger partial charge in [-0.1, -0.05) is 24.3 Å². The highest BCUT2D eigenvalue weighted by atomic mass is 32.2. The summed E-state index contributed by atoms with van der Waals surface area (Å²) in [6, 6.07) is 14.7. The molecule has 3 N–H and O–H groups in total. The molecule has 146 valence electrons. The first-order valence-corrected chi connectivity index (χ1v) is 10.1. The Morgan fingerprint density at radius 2 is 1.61 bits per heavy atom. The summed E-state index contributed by atoms with van der Waals surface area (Å²) >= 11 is 0. The van der Waals surface area contributed by atoms with Crippen molar-refractivity contribution in [3.05, 3.63) is 72.2 Å². The van der Waals surface area contributed by atoms with Crippen LogP contribution >= 0.6 is 0 Å². The summed E-state index contributed by atoms with van der Waals surface area (Å²) in [6.45, 7) is 0.435. The lowest BCUT2D eigenvalue weighted by atomic mass is 10.2. The molecule has 1 aromatic carbocycles. The van der Waals surface area contributed by atoms with Gasteiger partial charge in [-0.05, 0) is 30.3 Å². The third-order valence-electron chi connectivity index (χ3n) is 3.64. The molecule has 0 radical (unpaired) electrons. The van der Waals surface area contributed by atoms with Gasteiger partial charge in [0.2, 0.25) is 10.0 Å². The zero-order valence-corrected chi connectivity index (χ0v) is 15.7. The van der Waals surface area contributed by atoms with Crippen molar-refractivity contribution in [1.82, 2.24) is 19.9 Å². The van der Waals surface area contributed by atoms with Crippen LogP contribution in [0.15, 0.2) is 60.8 Å². The van der Waals surface area contributed by atoms with E-state index >= 15 is 0 Å². The Labute approximate surface area is 162 Å². The van der Waals surface area contributed by atoms with Crippen molar-refractivity contribution in [3.63, 3.8) is 0 Å². The van der Waals surface area contributed by atoms with Crippen LogP contribution in [0.5, 0.6) is 0 Å². The van der Waals surface area contributed by atoms with E-state index in [0.29, 0.717) is 24.0 Å². The van der Waals surface area contributed by atoms with Crippen molar-refractivity contribution in [3.8, 4) is 0 Å². The fourth-order valence-electron chi connectivity index (χ4n) is 2.33. The van der Waals surface area contributed by atoms with Crippen LogP contribution in [-0.2, 0) is 15.8 Å². The van der Waals surface area contributed by atoms with Gasteiger partial charge in [-0.2, -0.15) is 0 Å². The summed E-state index contributed by atoms with van der Waals surface area (Å²) in [7, 11) is -3.64. The molecule has 0 spiro atoms. The lowest BCUT2D eigenvalue weighted by Crippen LogP contribution is -2.30. The first kappa shape index (κ1) is 19.6. The van der Waals surface area contributed by atoms with Crippen LogP contribution in [0.3, 0.4) is 0 Å². The predicted octanol–water partition coefficient (Wildman–Crippen LogP) is 2.29. The van der Waals surface area contributed by atoms with E-state index in [0.717, 1.165) is 0 Å². The van der Waals surface area contributed by atoms with Crippen molar-refractivity contribution in [2.24, 2.45) is 0 Å². The standard InChI is InChI=1S/C18H19FN6O2S/c19-15-6-2-1-5-14(15)13-28(26,27)22-12-11-21-17-8-9-18(25-24-17)23-16-7-3-4-10-20-16/h1-10,22H,11-13H2,(H,21,24)(H,20,23,25). The SMILES string of the molecule is O=S(=O)(Cc1ccccc1F)NCCNc1ccc(Nc2ccccn2)nn1. The van der Waals surface area contributed by atoms with E-state index in [2.05, 4.69) is 30.5 Å². The van der Waals surface area contributed by atoms with Crippen LogP contribution in [0.1, 0.15) is 5.56 Å². The number of hydrogen-bond donors (Lipinski definition) is 3. The number of halogens is 1. The van der Waals surface area contributed by atoms with Gasteiger partial charge >= 0.3 is 0 Å². The number of anilines is 3. The molecule has 0 bridgehead atoms. The van der Waals surface area contributed by atoms with Gasteiger partial charge < -0.3 is 10.6 Å². The number of sulfonamides is 1. The van der Waals surface area contributed by atoms with Gasteiger partial charge in [0.05, 0.1) is 5.75 Å². The van der Waals surface area contributed by atoms with E-state index in [4.69, 9.17) is 0 Å². The molecule has 2 aromatic heterocycles. The lowest BCUT2D eigenvalue weighted by Gasteiger charge is -2.09. The highest BCUT2D eigenvalue weighted by Crippen LogP contribution is 2.12. The van der Waals surface area contributed by atoms with Crippen LogP contribution in [0.2, 0.25) is 0 Å². The quantitative estimate of drug-likeness (QED) is 0.471. The molecular formula is C18H19FN6O2S. The molecule has 0 aliphatic heterocycles. The first-order chi connectivity index (χ1) is 13.5. The molecule has 0 saturated heterocycles. The van der Waals surface area contributed by atoms with Crippen LogP contribution < -0.4 is 15.4 Å². The highest BCUT2D eigenvalue weighted by Gasteiger charge is 2.13. The third kappa shape index (κ3) is 5.96. The Bertz CT molecular complexity index is 1000. The van der Waals surface area contributed by atoms with Gasteiger partial charge in [-0.15, -0.1) is 10.2 Å². The molecule has 3 aromatic rings. The summed E-state index contributed by atoms with van der Waals surface area (Å²) < 4.78 is 40.1. The number of aromatic nitrogens is 3. The van der Waals surface area contributed by atoms with Crippen LogP contribution in [0, 0.1) is 5.82 Å². The largest absolute Gasteiger partial charge is 0.367 e. The molecule has 3 rings (SSSR count). The zero-order valence-electron chi connectivity index (χ0n) is 14.8. The lowest BCUT2D eigenvalue weighted by molar-refractivity contribution is 0.575. The second-order valence-corrected chi connectivity index (χ2v) is 7.62. The smallest absolute Gasteiger partial charge is 0.215 e. The van der Waals surface area contributed by atoms with Crippen molar-refractivity contribution in [2.45, 2.75) is 5.75 Å². The molecule has 0 atom stereocenters. The number of hydrogen-bond acceptors (Lipinski definition) is 7. The number of rotatable bonds is 9. The Kier molecular flexibility index (Phi) is 6.45. The van der Waals surface area contributed by atoms with E-state index in [1.807, 2.05) is 12.1 Å². The van der Waals surface area contributed by atoms with Gasteiger partial charge in [0, 0.05) is 24.8 Å². The summed E-state index contributed by atoms with van der Waals surface area (Å²) in [6.07, 6.45) is 1.67. The van der Waals surface area contributed by atoms with E-state index in [1.54, 1.807) is 30.5 Å². The van der Waals surface area contributed by atoms with E-state index in [9.17, 15) is 12.8 Å². The summed E-state index contributed by atoms with van der Waals surface area (Å²) in [5, 5.41) is 14.0. The average molecular weight is 402 g/mol. The van der Waals surface area contributed by atoms with Gasteiger partial charge in [0.15, 0.2) is 5.82 Å². The molecule has 0 aliphatic rings. The minimum absolute atomic E-state index is 0.129. The second-order valence-electron chi connectivity index (χ2n) is 5.82. The number of nitrogens with one attached hydrogen (secondary N) is 3. The summed E-state index contributed by atoms with van der Waals surface area (Å²) in [5.74, 6) is 0.741. The fraction of sp³-hybridized carbons (Fsp3) is 0.167. The number of pyridine rings is 1. The Hall–Kier alpha value is -3.11. The molecule has 0 aliphatic carbocycles. The molecule has 0 amide bonds. The number of nitrogens with zero attached hydrogens (tertiary/aromatic N) is 3. The fourth-order valence-corrected chi connectivity index (χ4v) is 3.49. The molecule has 0 unspecified atom stereocenters. The monoisotopic (exact) mass is 402 g/mol. The van der Waals surface area contributed by atoms with Gasteiger partial charge in [0.25, 0.3) is 0 Å². The van der Waals surface area contributed by atoms with Crippen LogP contribution in [0.4, 0.5) is 21.8 Å². The van der Waals surface area contributed by atoms with E-state index in [1.165, 1.54) is 18.2 Å². The van der Waals surface area contributed by atoms with Gasteiger partial charge in [-0.25, -0.2) is 22.5 Å². The van der Waals surface area contributed by atoms with Crippen LogP contribution in [0.25, 0.3) is 0 Å². The summed E-state index contributed by atoms with van der Waals surface area (Å²) in [4.78, 5) is 4.13. The molecular weight excluding hydrogens is 383 g/mol. The summed E-state index contributed by atoms with van der Waals surface area (Å²) in [5.41, 5.74) is 0.129. The van der Waals surface area contributed by atoms with E-state index in [-0.39, 0.29) is 12.1 Å². The third-order valence-corrected chi connectivity index (χ3v) is 4.98. The number of benzene rings is 1. The van der Waals surface area contributed by atoms with Gasteiger partial charge in [-0.3, -0.25) is 0 Å². The molecule has 0 saturated carbocycles. The Morgan fingerprint density at radius 3 is 2.32 bits per heavy atom. The zero-order chi connectivity index (χ0) is 19.8. The predicted molar refractivity (Wildman–Crippen MR) is 105 cm³/mol. The minimum Gasteiger partial charge on any atom is -0.367 e. The van der Waals surface area contributed by atoms with Crippen molar-refractivity contribution < 1.29 is 12.8 Å². The van der Waals surface area contributed by atoms with Gasteiger partial charge in [0.1, 0.15) is 17.5 Å². The minimum atomic E-state index is -3.64. The Morgan fingerprint density at radius 1 is 0.857 bits per heavy atom. The molecule has 10 heteroatoms. The maximum absolute atomic E-state index is 13.6. The van der Waals surface area contributed by atoms with Crippen molar-refractivity contribution in [1.29, 1.82) is 0 Å². The topological polar surface area (TPSA) is 109 Å². The van der Waals surface area contributed by atoms with Crippen LogP contribution in [-0.4, -0.2) is 36.7 Å². The van der Waals surface area contributed by atoms with Crippen molar-refractivity contribution >= 4 is 27.5 Å². The maximum Gasteiger partial charge on any atom is 0.215 e. The van der Waals surface area contributed by atoms with Crippen molar-refractivity contribution in [2.75, 3.05) is 23.7 Å². The molecule has 28 heavy (non-hydrogen) atoms.